The van der Waals surface area contributed by atoms with E-state index in [0.717, 1.165) is 0 Å². The number of allylic oxidation sites excluding steroid dienone is 2. The van der Waals surface area contributed by atoms with Crippen LogP contribution in [0.3, 0.4) is 0 Å². The average molecular weight is 268 g/mol. The second-order valence-electron chi connectivity index (χ2n) is 5.97. The molecule has 1 aliphatic carbocycles. The third kappa shape index (κ3) is 2.12. The Morgan fingerprint density at radius 3 is 2.61 bits per heavy atom. The molecule has 0 aromatic heterocycles. The number of hydrogen-bond donors (Lipinski definition) is 1. The van der Waals surface area contributed by atoms with Gasteiger partial charge in [-0.3, -0.25) is 0 Å². The number of carbonyl (C=O) groups excluding carboxylic acids is 1. The Balaban J connectivity index is 2.31. The smallest absolute Gasteiger partial charge is 0.337 e. The van der Waals surface area contributed by atoms with Gasteiger partial charge in [0.15, 0.2) is 0 Å². The fraction of sp³-hybridized carbons (Fsp3) is 0.615. The minimum Gasteiger partial charge on any atom is -0.472 e. The zero-order chi connectivity index (χ0) is 13.5. The Hall–Kier alpha value is -1.07. The van der Waals surface area contributed by atoms with E-state index in [2.05, 4.69) is 25.7 Å². The van der Waals surface area contributed by atoms with Crippen molar-refractivity contribution in [1.82, 2.24) is 0 Å². The molecule has 2 rings (SSSR count). The fourth-order valence-corrected chi connectivity index (χ4v) is 5.08. The molecule has 0 saturated heterocycles. The summed E-state index contributed by atoms with van der Waals surface area (Å²) in [5.74, 6) is -0.522. The minimum absolute atomic E-state index is 0.0595. The van der Waals surface area contributed by atoms with Gasteiger partial charge < -0.3 is 14.6 Å². The van der Waals surface area contributed by atoms with Gasteiger partial charge in [0.05, 0.1) is 27.0 Å². The molecule has 100 valence electrons. The Morgan fingerprint density at radius 1 is 1.39 bits per heavy atom. The van der Waals surface area contributed by atoms with Gasteiger partial charge in [0, 0.05) is 11.8 Å². The summed E-state index contributed by atoms with van der Waals surface area (Å²) in [6.45, 7) is 6.77. The molecule has 1 heterocycles. The first-order chi connectivity index (χ1) is 8.36. The second-order valence-corrected chi connectivity index (χ2v) is 11.4. The summed E-state index contributed by atoms with van der Waals surface area (Å²) in [5, 5.41) is 10.0. The van der Waals surface area contributed by atoms with Gasteiger partial charge in [0.25, 0.3) is 0 Å². The zero-order valence-electron chi connectivity index (χ0n) is 11.2. The highest BCUT2D eigenvalue weighted by molar-refractivity contribution is 6.78. The van der Waals surface area contributed by atoms with E-state index in [-0.39, 0.29) is 17.8 Å². The third-order valence-corrected chi connectivity index (χ3v) is 6.38. The van der Waals surface area contributed by atoms with Crippen molar-refractivity contribution in [1.29, 1.82) is 0 Å². The van der Waals surface area contributed by atoms with Crippen molar-refractivity contribution in [2.75, 3.05) is 7.11 Å². The van der Waals surface area contributed by atoms with E-state index in [1.807, 2.05) is 6.08 Å². The van der Waals surface area contributed by atoms with Crippen LogP contribution >= 0.6 is 0 Å². The molecule has 0 bridgehead atoms. The lowest BCUT2D eigenvalue weighted by atomic mass is 9.86. The van der Waals surface area contributed by atoms with Crippen LogP contribution in [0.1, 0.15) is 0 Å². The molecule has 5 heteroatoms. The van der Waals surface area contributed by atoms with Crippen molar-refractivity contribution in [2.45, 2.75) is 31.5 Å². The maximum atomic E-state index is 11.7. The maximum absolute atomic E-state index is 11.7. The van der Waals surface area contributed by atoms with E-state index in [9.17, 15) is 9.90 Å². The van der Waals surface area contributed by atoms with Crippen LogP contribution in [0, 0.1) is 11.8 Å². The normalized spacial score (nSPS) is 34.6. The quantitative estimate of drug-likeness (QED) is 0.472. The summed E-state index contributed by atoms with van der Waals surface area (Å²) < 4.78 is 9.99. The van der Waals surface area contributed by atoms with E-state index >= 15 is 0 Å². The van der Waals surface area contributed by atoms with Gasteiger partial charge in [-0.25, -0.2) is 4.79 Å². The molecule has 18 heavy (non-hydrogen) atoms. The summed E-state index contributed by atoms with van der Waals surface area (Å²) in [5.41, 5.74) is 0.815. The molecule has 4 nitrogen and oxygen atoms in total. The highest BCUT2D eigenvalue weighted by atomic mass is 28.3. The van der Waals surface area contributed by atoms with E-state index in [4.69, 9.17) is 9.47 Å². The van der Waals surface area contributed by atoms with Gasteiger partial charge in [0.1, 0.15) is 0 Å². The van der Waals surface area contributed by atoms with Crippen LogP contribution < -0.4 is 0 Å². The van der Waals surface area contributed by atoms with Crippen molar-refractivity contribution in [3.63, 3.8) is 0 Å². The Morgan fingerprint density at radius 2 is 2.06 bits per heavy atom. The zero-order valence-corrected chi connectivity index (χ0v) is 12.2. The van der Waals surface area contributed by atoms with Gasteiger partial charge in [-0.15, -0.1) is 0 Å². The van der Waals surface area contributed by atoms with Crippen molar-refractivity contribution in [2.24, 2.45) is 11.8 Å². The van der Waals surface area contributed by atoms with Crippen LogP contribution in [0.15, 0.2) is 24.0 Å². The van der Waals surface area contributed by atoms with E-state index < -0.39 is 14.4 Å². The van der Waals surface area contributed by atoms with Crippen LogP contribution in [-0.2, 0) is 14.3 Å². The average Bonchev–Trinajstić information content (AvgIpc) is 2.73. The molecule has 0 aromatic carbocycles. The molecular formula is C13H20O4Si. The first-order valence-electron chi connectivity index (χ1n) is 6.16. The fourth-order valence-electron chi connectivity index (χ4n) is 2.87. The molecule has 0 spiro atoms. The molecule has 1 unspecified atom stereocenters. The maximum Gasteiger partial charge on any atom is 0.337 e. The topological polar surface area (TPSA) is 55.8 Å². The van der Waals surface area contributed by atoms with Crippen molar-refractivity contribution >= 4 is 14.0 Å². The van der Waals surface area contributed by atoms with Crippen molar-refractivity contribution in [3.8, 4) is 0 Å². The lowest BCUT2D eigenvalue weighted by molar-refractivity contribution is -0.141. The standard InChI is InChI=1S/C13H20O4Si/c1-16-12(14)9-7-17-13(15)11-8(9)5-6-10(11)18(2,3)4/h5-8,10-11,13,15H,1-4H3/t8-,10+,11+,13?/m1/s1. The molecule has 0 radical (unpaired) electrons. The number of aliphatic hydroxyl groups excluding tert-OH is 1. The molecule has 2 aliphatic rings. The Bertz CT molecular complexity index is 408. The summed E-state index contributed by atoms with van der Waals surface area (Å²) in [6, 6.07) is 0. The van der Waals surface area contributed by atoms with Gasteiger partial charge in [-0.2, -0.15) is 0 Å². The lowest BCUT2D eigenvalue weighted by Crippen LogP contribution is -2.42. The van der Waals surface area contributed by atoms with Gasteiger partial charge in [-0.1, -0.05) is 31.8 Å². The monoisotopic (exact) mass is 268 g/mol. The highest BCUT2D eigenvalue weighted by Crippen LogP contribution is 2.48. The van der Waals surface area contributed by atoms with Crippen LogP contribution in [0.5, 0.6) is 0 Å². The Labute approximate surface area is 108 Å². The summed E-state index contributed by atoms with van der Waals surface area (Å²) in [4.78, 5) is 11.7. The number of methoxy groups -OCH3 is 1. The van der Waals surface area contributed by atoms with Crippen molar-refractivity contribution < 1.29 is 19.4 Å². The molecule has 1 aliphatic heterocycles. The minimum atomic E-state index is -1.45. The number of hydrogen-bond acceptors (Lipinski definition) is 4. The predicted octanol–water partition coefficient (Wildman–Crippen LogP) is 1.90. The molecule has 1 N–H and O–H groups in total. The molecule has 0 aromatic rings. The molecule has 0 amide bonds. The number of rotatable bonds is 2. The summed E-state index contributed by atoms with van der Waals surface area (Å²) in [6.07, 6.45) is 4.66. The van der Waals surface area contributed by atoms with E-state index in [0.29, 0.717) is 11.1 Å². The number of carbonyl (C=O) groups is 1. The largest absolute Gasteiger partial charge is 0.472 e. The Kier molecular flexibility index (Phi) is 3.38. The molecule has 4 atom stereocenters. The summed E-state index contributed by atoms with van der Waals surface area (Å²) in [7, 11) is -0.0959. The SMILES string of the molecule is COC(=O)C1=COC(O)[C@H]2[C@@H]1C=C[C@@H]2[Si](C)(C)C. The second kappa shape index (κ2) is 4.55. The van der Waals surface area contributed by atoms with E-state index in [1.54, 1.807) is 0 Å². The van der Waals surface area contributed by atoms with Crippen LogP contribution in [0.4, 0.5) is 0 Å². The van der Waals surface area contributed by atoms with Gasteiger partial charge in [-0.05, 0) is 5.54 Å². The molecule has 0 fully saturated rings. The first-order valence-corrected chi connectivity index (χ1v) is 9.74. The highest BCUT2D eigenvalue weighted by Gasteiger charge is 2.48. The van der Waals surface area contributed by atoms with Gasteiger partial charge >= 0.3 is 5.97 Å². The number of fused-ring (bicyclic) bond motifs is 1. The molecular weight excluding hydrogens is 248 g/mol. The number of esters is 1. The first kappa shape index (κ1) is 13.4. The van der Waals surface area contributed by atoms with Crippen LogP contribution in [0.2, 0.25) is 25.2 Å². The number of aliphatic hydroxyl groups is 1. The predicted molar refractivity (Wildman–Crippen MR) is 70.4 cm³/mol. The van der Waals surface area contributed by atoms with E-state index in [1.165, 1.54) is 13.4 Å². The lowest BCUT2D eigenvalue weighted by Gasteiger charge is -2.37. The number of ether oxygens (including phenoxy) is 2. The molecule has 0 saturated carbocycles. The van der Waals surface area contributed by atoms with Crippen molar-refractivity contribution in [3.05, 3.63) is 24.0 Å². The van der Waals surface area contributed by atoms with Crippen LogP contribution in [-0.4, -0.2) is 32.5 Å². The van der Waals surface area contributed by atoms with Gasteiger partial charge in [0.2, 0.25) is 6.29 Å². The van der Waals surface area contributed by atoms with Crippen LogP contribution in [0.25, 0.3) is 0 Å². The third-order valence-electron chi connectivity index (χ3n) is 3.80. The summed E-state index contributed by atoms with van der Waals surface area (Å²) >= 11 is 0.